The van der Waals surface area contributed by atoms with Gasteiger partial charge in [-0.05, 0) is 42.7 Å². The third kappa shape index (κ3) is 4.96. The number of fused-ring (bicyclic) bond motifs is 1. The molecule has 1 aliphatic rings. The molecule has 0 unspecified atom stereocenters. The largest absolute Gasteiger partial charge is 0.522 e. The molecule has 1 saturated heterocycles. The lowest BCUT2D eigenvalue weighted by molar-refractivity contribution is -0.340. The van der Waals surface area contributed by atoms with E-state index < -0.39 is 18.5 Å². The number of hydrogen-bond acceptors (Lipinski definition) is 5. The van der Waals surface area contributed by atoms with Crippen LogP contribution >= 0.6 is 0 Å². The maximum Gasteiger partial charge on any atom is 0.522 e. The highest BCUT2D eigenvalue weighted by atomic mass is 19.4. The number of amides is 2. The van der Waals surface area contributed by atoms with Gasteiger partial charge in [0.1, 0.15) is 5.82 Å². The lowest BCUT2D eigenvalue weighted by atomic mass is 10.0. The summed E-state index contributed by atoms with van der Waals surface area (Å²) < 4.78 is 41.3. The van der Waals surface area contributed by atoms with Crippen LogP contribution in [0.3, 0.4) is 0 Å². The van der Waals surface area contributed by atoms with Crippen LogP contribution in [0.25, 0.3) is 22.2 Å². The van der Waals surface area contributed by atoms with Gasteiger partial charge in [-0.1, -0.05) is 13.0 Å². The van der Waals surface area contributed by atoms with Gasteiger partial charge in [0.15, 0.2) is 5.65 Å². The van der Waals surface area contributed by atoms with Crippen molar-refractivity contribution in [2.45, 2.75) is 39.2 Å². The summed E-state index contributed by atoms with van der Waals surface area (Å²) >= 11 is 0. The number of alkyl halides is 3. The Bertz CT molecular complexity index is 1150. The van der Waals surface area contributed by atoms with Crippen LogP contribution in [0.1, 0.15) is 24.7 Å². The van der Waals surface area contributed by atoms with Crippen molar-refractivity contribution in [3.63, 3.8) is 0 Å². The second-order valence-corrected chi connectivity index (χ2v) is 7.66. The van der Waals surface area contributed by atoms with E-state index in [1.54, 1.807) is 18.5 Å². The van der Waals surface area contributed by atoms with Gasteiger partial charge < -0.3 is 10.2 Å². The number of halogens is 3. The topological polar surface area (TPSA) is 80.2 Å². The van der Waals surface area contributed by atoms with E-state index >= 15 is 0 Å². The van der Waals surface area contributed by atoms with Crippen LogP contribution in [0.2, 0.25) is 0 Å². The van der Waals surface area contributed by atoms with Gasteiger partial charge in [0.25, 0.3) is 0 Å². The maximum absolute atomic E-state index is 12.5. The van der Waals surface area contributed by atoms with Crippen LogP contribution in [-0.2, 0) is 11.2 Å². The van der Waals surface area contributed by atoms with Crippen molar-refractivity contribution < 1.29 is 22.7 Å². The van der Waals surface area contributed by atoms with Gasteiger partial charge in [-0.2, -0.15) is 0 Å². The molecule has 0 bridgehead atoms. The Balaban J connectivity index is 1.51. The number of likely N-dealkylation sites (tertiary alicyclic amines) is 1. The fraction of sp³-hybridized carbons (Fsp3) is 0.364. The number of carbonyl (C=O) groups excluding carboxylic acids is 1. The molecule has 7 nitrogen and oxygen atoms in total. The van der Waals surface area contributed by atoms with E-state index in [1.165, 1.54) is 4.90 Å². The molecule has 3 aromatic rings. The number of benzene rings is 1. The summed E-state index contributed by atoms with van der Waals surface area (Å²) in [4.78, 5) is 27.0. The number of anilines is 1. The van der Waals surface area contributed by atoms with Crippen LogP contribution < -0.4 is 5.32 Å². The number of carbonyl (C=O) groups is 1. The molecular formula is C22H22F3N5O2. The zero-order valence-corrected chi connectivity index (χ0v) is 17.6. The summed E-state index contributed by atoms with van der Waals surface area (Å²) in [7, 11) is 0. The smallest absolute Gasteiger partial charge is 0.322 e. The van der Waals surface area contributed by atoms with Crippen LogP contribution in [0, 0.1) is 6.92 Å². The molecule has 0 aliphatic carbocycles. The van der Waals surface area contributed by atoms with E-state index in [9.17, 15) is 18.0 Å². The van der Waals surface area contributed by atoms with Crippen molar-refractivity contribution in [3.05, 3.63) is 48.0 Å². The molecule has 1 atom stereocenters. The average molecular weight is 445 g/mol. The van der Waals surface area contributed by atoms with Gasteiger partial charge in [-0.15, -0.1) is 13.2 Å². The first-order valence-electron chi connectivity index (χ1n) is 10.2. The highest BCUT2D eigenvalue weighted by Gasteiger charge is 2.37. The predicted molar refractivity (Wildman–Crippen MR) is 113 cm³/mol. The third-order valence-electron chi connectivity index (χ3n) is 5.33. The lowest BCUT2D eigenvalue weighted by Gasteiger charge is -2.19. The van der Waals surface area contributed by atoms with Crippen molar-refractivity contribution in [1.29, 1.82) is 0 Å². The van der Waals surface area contributed by atoms with E-state index in [-0.39, 0.29) is 19.5 Å². The molecule has 0 radical (unpaired) electrons. The minimum absolute atomic E-state index is 0.113. The third-order valence-corrected chi connectivity index (χ3v) is 5.33. The fourth-order valence-corrected chi connectivity index (χ4v) is 3.69. The zero-order valence-electron chi connectivity index (χ0n) is 17.6. The van der Waals surface area contributed by atoms with Crippen molar-refractivity contribution >= 4 is 22.8 Å². The average Bonchev–Trinajstić information content (AvgIpc) is 3.21. The monoisotopic (exact) mass is 445 g/mol. The molecule has 1 aromatic carbocycles. The first-order chi connectivity index (χ1) is 15.2. The molecule has 0 spiro atoms. The van der Waals surface area contributed by atoms with Crippen molar-refractivity contribution in [1.82, 2.24) is 19.9 Å². The van der Waals surface area contributed by atoms with Gasteiger partial charge in [-0.3, -0.25) is 4.74 Å². The van der Waals surface area contributed by atoms with E-state index in [2.05, 4.69) is 25.0 Å². The highest BCUT2D eigenvalue weighted by Crippen LogP contribution is 2.29. The Morgan fingerprint density at radius 3 is 2.81 bits per heavy atom. The van der Waals surface area contributed by atoms with Crippen LogP contribution in [0.15, 0.2) is 36.7 Å². The summed E-state index contributed by atoms with van der Waals surface area (Å²) in [5.74, 6) is 0.725. The summed E-state index contributed by atoms with van der Waals surface area (Å²) in [5.41, 5.74) is 3.85. The predicted octanol–water partition coefficient (Wildman–Crippen LogP) is 4.71. The van der Waals surface area contributed by atoms with Gasteiger partial charge in [0.2, 0.25) is 0 Å². The summed E-state index contributed by atoms with van der Waals surface area (Å²) in [6, 6.07) is 6.91. The SMILES string of the molecule is CCc1ncc2cc(-c3cc(NC(=O)N4CC[C@H](OC(F)(F)F)C4)ccc3C)cnc2n1. The van der Waals surface area contributed by atoms with Crippen molar-refractivity contribution in [3.8, 4) is 11.1 Å². The molecule has 1 N–H and O–H groups in total. The Hall–Kier alpha value is -3.27. The van der Waals surface area contributed by atoms with Crippen molar-refractivity contribution in [2.75, 3.05) is 18.4 Å². The highest BCUT2D eigenvalue weighted by molar-refractivity contribution is 5.91. The van der Waals surface area contributed by atoms with E-state index in [0.717, 1.165) is 34.3 Å². The first kappa shape index (κ1) is 21.9. The van der Waals surface area contributed by atoms with Gasteiger partial charge >= 0.3 is 12.4 Å². The minimum Gasteiger partial charge on any atom is -0.322 e. The first-order valence-corrected chi connectivity index (χ1v) is 10.2. The molecule has 168 valence electrons. The Morgan fingerprint density at radius 1 is 1.25 bits per heavy atom. The second-order valence-electron chi connectivity index (χ2n) is 7.66. The molecule has 10 heteroatoms. The fourth-order valence-electron chi connectivity index (χ4n) is 3.69. The van der Waals surface area contributed by atoms with Crippen LogP contribution in [0.5, 0.6) is 0 Å². The molecular weight excluding hydrogens is 423 g/mol. The molecule has 3 heterocycles. The Morgan fingerprint density at radius 2 is 2.06 bits per heavy atom. The minimum atomic E-state index is -4.71. The van der Waals surface area contributed by atoms with Crippen LogP contribution in [0.4, 0.5) is 23.7 Å². The number of hydrogen-bond donors (Lipinski definition) is 1. The van der Waals surface area contributed by atoms with Gasteiger partial charge in [-0.25, -0.2) is 19.7 Å². The number of nitrogens with one attached hydrogen (secondary N) is 1. The number of ether oxygens (including phenoxy) is 1. The molecule has 4 rings (SSSR count). The lowest BCUT2D eigenvalue weighted by Crippen LogP contribution is -2.35. The van der Waals surface area contributed by atoms with E-state index in [0.29, 0.717) is 11.3 Å². The molecule has 2 amide bonds. The number of aromatic nitrogens is 3. The van der Waals surface area contributed by atoms with E-state index in [1.807, 2.05) is 32.0 Å². The number of nitrogens with zero attached hydrogens (tertiary/aromatic N) is 4. The summed E-state index contributed by atoms with van der Waals surface area (Å²) in [6.45, 7) is 4.00. The molecule has 1 fully saturated rings. The summed E-state index contributed by atoms with van der Waals surface area (Å²) in [6.07, 6.45) is -1.43. The Labute approximate surface area is 182 Å². The number of rotatable bonds is 4. The number of pyridine rings is 1. The van der Waals surface area contributed by atoms with Crippen LogP contribution in [-0.4, -0.2) is 51.4 Å². The normalized spacial score (nSPS) is 16.5. The quantitative estimate of drug-likeness (QED) is 0.629. The molecule has 0 saturated carbocycles. The molecule has 2 aromatic heterocycles. The zero-order chi connectivity index (χ0) is 22.9. The van der Waals surface area contributed by atoms with Crippen molar-refractivity contribution in [2.24, 2.45) is 0 Å². The standard InChI is InChI=1S/C22H22F3N5O2/c1-3-19-26-11-15-8-14(10-27-20(15)29-19)18-9-16(5-4-13(18)2)28-21(31)30-7-6-17(12-30)32-22(23,24)25/h4-5,8-11,17H,3,6-7,12H2,1-2H3,(H,28,31)/t17-/m0/s1. The Kier molecular flexibility index (Phi) is 5.96. The maximum atomic E-state index is 12.5. The number of urea groups is 1. The van der Waals surface area contributed by atoms with Gasteiger partial charge in [0, 0.05) is 48.5 Å². The molecule has 1 aliphatic heterocycles. The van der Waals surface area contributed by atoms with Gasteiger partial charge in [0.05, 0.1) is 6.10 Å². The summed E-state index contributed by atoms with van der Waals surface area (Å²) in [5, 5.41) is 3.57. The van der Waals surface area contributed by atoms with E-state index in [4.69, 9.17) is 0 Å². The second kappa shape index (κ2) is 8.70. The number of aryl methyl sites for hydroxylation is 2. The molecule has 32 heavy (non-hydrogen) atoms.